The third-order valence-corrected chi connectivity index (χ3v) is 4.38. The molecule has 0 aliphatic rings. The van der Waals surface area contributed by atoms with Crippen LogP contribution < -0.4 is 10.5 Å². The number of alkyl halides is 17. The predicted molar refractivity (Wildman–Crippen MR) is 81.7 cm³/mol. The average Bonchev–Trinajstić information content (AvgIpc) is 2.67. The number of rotatable bonds is 10. The number of nitrogen functional groups attached to an aromatic ring is 1. The Kier molecular flexibility index (Phi) is 7.56. The highest BCUT2D eigenvalue weighted by Crippen LogP contribution is 2.64. The first-order valence-corrected chi connectivity index (χ1v) is 8.43. The highest BCUT2D eigenvalue weighted by molar-refractivity contribution is 5.51. The van der Waals surface area contributed by atoms with Crippen molar-refractivity contribution in [3.05, 3.63) is 24.3 Å². The summed E-state index contributed by atoms with van der Waals surface area (Å²) in [5, 5.41) is 0. The second-order valence-electron chi connectivity index (χ2n) is 6.78. The molecule has 0 amide bonds. The van der Waals surface area contributed by atoms with Crippen molar-refractivity contribution in [1.82, 2.24) is 0 Å². The molecule has 0 saturated heterocycles. The van der Waals surface area contributed by atoms with Gasteiger partial charge < -0.3 is 10.5 Å². The molecule has 204 valence electrons. The lowest BCUT2D eigenvalue weighted by atomic mass is 9.88. The van der Waals surface area contributed by atoms with Gasteiger partial charge in [-0.15, -0.1) is 0 Å². The van der Waals surface area contributed by atoms with Crippen molar-refractivity contribution in [1.29, 1.82) is 0 Å². The molecule has 0 aliphatic carbocycles. The summed E-state index contributed by atoms with van der Waals surface area (Å²) in [7, 11) is 0. The Balaban J connectivity index is 3.37. The second-order valence-corrected chi connectivity index (χ2v) is 6.78. The molecular formula is C16H10F17NO. The van der Waals surface area contributed by atoms with Crippen LogP contribution in [0.25, 0.3) is 0 Å². The maximum Gasteiger partial charge on any atom is 0.460 e. The van der Waals surface area contributed by atoms with Gasteiger partial charge in [0.1, 0.15) is 5.75 Å². The molecule has 0 spiro atoms. The van der Waals surface area contributed by atoms with Crippen LogP contribution in [0.4, 0.5) is 80.3 Å². The van der Waals surface area contributed by atoms with E-state index in [9.17, 15) is 74.6 Å². The van der Waals surface area contributed by atoms with Crippen molar-refractivity contribution in [3.63, 3.8) is 0 Å². The highest BCUT2D eigenvalue weighted by Gasteiger charge is 2.95. The van der Waals surface area contributed by atoms with E-state index in [-0.39, 0.29) is 5.69 Å². The Morgan fingerprint density at radius 1 is 0.543 bits per heavy atom. The molecule has 0 aromatic heterocycles. The van der Waals surface area contributed by atoms with E-state index in [2.05, 4.69) is 4.74 Å². The molecular weight excluding hydrogens is 545 g/mol. The molecule has 0 radical (unpaired) electrons. The molecule has 35 heavy (non-hydrogen) atoms. The van der Waals surface area contributed by atoms with Crippen LogP contribution in [-0.2, 0) is 0 Å². The maximum atomic E-state index is 13.7. The van der Waals surface area contributed by atoms with Crippen LogP contribution in [0.15, 0.2) is 24.3 Å². The number of para-hydroxylation sites is 2. The largest absolute Gasteiger partial charge is 0.491 e. The predicted octanol–water partition coefficient (Wildman–Crippen LogP) is 7.05. The number of nitrogens with two attached hydrogens (primary N) is 1. The number of halogens is 17. The van der Waals surface area contributed by atoms with Gasteiger partial charge in [-0.2, -0.15) is 74.6 Å². The minimum atomic E-state index is -8.64. The van der Waals surface area contributed by atoms with Gasteiger partial charge in [0.2, 0.25) is 0 Å². The van der Waals surface area contributed by atoms with Crippen molar-refractivity contribution in [3.8, 4) is 5.75 Å². The zero-order chi connectivity index (χ0) is 28.1. The summed E-state index contributed by atoms with van der Waals surface area (Å²) >= 11 is 0. The molecule has 0 saturated carbocycles. The minimum Gasteiger partial charge on any atom is -0.491 e. The van der Waals surface area contributed by atoms with Gasteiger partial charge in [0.15, 0.2) is 0 Å². The Morgan fingerprint density at radius 3 is 1.31 bits per heavy atom. The molecule has 2 N–H and O–H groups in total. The summed E-state index contributed by atoms with van der Waals surface area (Å²) in [6, 6.07) is 4.34. The van der Waals surface area contributed by atoms with Crippen LogP contribution in [0.3, 0.4) is 0 Å². The van der Waals surface area contributed by atoms with Crippen LogP contribution in [0.5, 0.6) is 5.75 Å². The standard InChI is InChI=1S/C16H10F17NO/c17-9(18,5-6-35-8-4-2-1-3-7(8)34)10(19,20)11(21,22)12(23,24)13(25,26)14(27,28)15(29,30)16(31,32)33/h1-4H,5-6,34H2. The van der Waals surface area contributed by atoms with E-state index in [4.69, 9.17) is 5.73 Å². The van der Waals surface area contributed by atoms with Gasteiger partial charge >= 0.3 is 47.6 Å². The fourth-order valence-corrected chi connectivity index (χ4v) is 2.25. The third kappa shape index (κ3) is 4.49. The van der Waals surface area contributed by atoms with Crippen molar-refractivity contribution < 1.29 is 79.4 Å². The lowest BCUT2D eigenvalue weighted by molar-refractivity contribution is -0.461. The summed E-state index contributed by atoms with van der Waals surface area (Å²) in [5.41, 5.74) is 4.92. The molecule has 1 rings (SSSR count). The Morgan fingerprint density at radius 2 is 0.914 bits per heavy atom. The Hall–Kier alpha value is -2.37. The molecule has 0 bridgehead atoms. The molecule has 1 aromatic carbocycles. The summed E-state index contributed by atoms with van der Waals surface area (Å²) < 4.78 is 228. The van der Waals surface area contributed by atoms with E-state index in [1.54, 1.807) is 0 Å². The smallest absolute Gasteiger partial charge is 0.460 e. The zero-order valence-electron chi connectivity index (χ0n) is 16.1. The first-order valence-electron chi connectivity index (χ1n) is 8.43. The summed E-state index contributed by atoms with van der Waals surface area (Å²) in [6.07, 6.45) is -10.5. The number of benzene rings is 1. The van der Waals surface area contributed by atoms with Gasteiger partial charge in [0.25, 0.3) is 0 Å². The number of hydrogen-bond acceptors (Lipinski definition) is 2. The van der Waals surface area contributed by atoms with Gasteiger partial charge in [-0.1, -0.05) is 12.1 Å². The normalized spacial score (nSPS) is 15.3. The van der Waals surface area contributed by atoms with Crippen LogP contribution in [0.1, 0.15) is 6.42 Å². The molecule has 0 atom stereocenters. The van der Waals surface area contributed by atoms with Crippen molar-refractivity contribution in [2.45, 2.75) is 54.1 Å². The van der Waals surface area contributed by atoms with Gasteiger partial charge in [-0.05, 0) is 12.1 Å². The quantitative estimate of drug-likeness (QED) is 0.248. The minimum absolute atomic E-state index is 0.341. The van der Waals surface area contributed by atoms with Crippen LogP contribution in [-0.4, -0.2) is 54.2 Å². The fourth-order valence-electron chi connectivity index (χ4n) is 2.25. The summed E-state index contributed by atoms with van der Waals surface area (Å²) in [4.78, 5) is 0. The molecule has 0 aliphatic heterocycles. The van der Waals surface area contributed by atoms with Crippen LogP contribution in [0.2, 0.25) is 0 Å². The van der Waals surface area contributed by atoms with Crippen molar-refractivity contribution >= 4 is 5.69 Å². The van der Waals surface area contributed by atoms with E-state index in [0.29, 0.717) is 0 Å². The molecule has 0 heterocycles. The molecule has 1 aromatic rings. The first kappa shape index (κ1) is 30.7. The van der Waals surface area contributed by atoms with Gasteiger partial charge in [0.05, 0.1) is 18.7 Å². The average molecular weight is 555 g/mol. The van der Waals surface area contributed by atoms with E-state index < -0.39 is 66.4 Å². The summed E-state index contributed by atoms with van der Waals surface area (Å²) in [5.74, 6) is -57.0. The van der Waals surface area contributed by atoms with E-state index in [0.717, 1.165) is 18.2 Å². The van der Waals surface area contributed by atoms with Crippen molar-refractivity contribution in [2.24, 2.45) is 0 Å². The number of ether oxygens (including phenoxy) is 1. The molecule has 0 fully saturated rings. The van der Waals surface area contributed by atoms with Gasteiger partial charge in [-0.25, -0.2) is 0 Å². The van der Waals surface area contributed by atoms with Crippen molar-refractivity contribution in [2.75, 3.05) is 12.3 Å². The molecule has 2 nitrogen and oxygen atoms in total. The SMILES string of the molecule is Nc1ccccc1OCCC(F)(F)C(F)(F)C(F)(F)C(F)(F)C(F)(F)C(F)(F)C(F)(F)C(F)(F)F. The van der Waals surface area contributed by atoms with E-state index in [1.807, 2.05) is 0 Å². The Bertz CT molecular complexity index is 892. The lowest BCUT2D eigenvalue weighted by Gasteiger charge is -2.42. The van der Waals surface area contributed by atoms with Gasteiger partial charge in [0, 0.05) is 0 Å². The lowest BCUT2D eigenvalue weighted by Crippen LogP contribution is -2.74. The van der Waals surface area contributed by atoms with E-state index >= 15 is 0 Å². The monoisotopic (exact) mass is 555 g/mol. The second kappa shape index (κ2) is 8.63. The topological polar surface area (TPSA) is 35.2 Å². The van der Waals surface area contributed by atoms with Gasteiger partial charge in [-0.3, -0.25) is 0 Å². The number of hydrogen-bond donors (Lipinski definition) is 1. The third-order valence-electron chi connectivity index (χ3n) is 4.38. The highest BCUT2D eigenvalue weighted by atomic mass is 19.4. The fraction of sp³-hybridized carbons (Fsp3) is 0.625. The molecule has 0 unspecified atom stereocenters. The zero-order valence-corrected chi connectivity index (χ0v) is 16.1. The van der Waals surface area contributed by atoms with Crippen LogP contribution >= 0.6 is 0 Å². The first-order chi connectivity index (χ1) is 15.2. The Labute approximate surface area is 182 Å². The molecule has 19 heteroatoms. The van der Waals surface area contributed by atoms with Crippen LogP contribution in [0, 0.1) is 0 Å². The number of anilines is 1. The van der Waals surface area contributed by atoms with E-state index in [1.165, 1.54) is 6.07 Å². The summed E-state index contributed by atoms with van der Waals surface area (Å²) in [6.45, 7) is -1.75. The maximum absolute atomic E-state index is 13.7.